The van der Waals surface area contributed by atoms with E-state index in [1.807, 2.05) is 48.5 Å². The minimum Gasteiger partial charge on any atom is -0.480 e. The molecule has 1 aromatic heterocycles. The summed E-state index contributed by atoms with van der Waals surface area (Å²) in [5.41, 5.74) is 1.78. The van der Waals surface area contributed by atoms with E-state index >= 15 is 0 Å². The first-order valence-electron chi connectivity index (χ1n) is 9.43. The Labute approximate surface area is 168 Å². The Balaban J connectivity index is 1.65. The number of likely N-dealkylation sites (N-methyl/N-ethyl adjacent to an activating group) is 1. The van der Waals surface area contributed by atoms with E-state index in [1.165, 1.54) is 0 Å². The van der Waals surface area contributed by atoms with Crippen molar-refractivity contribution in [2.24, 2.45) is 0 Å². The van der Waals surface area contributed by atoms with Crippen LogP contribution in [0.5, 0.6) is 0 Å². The van der Waals surface area contributed by atoms with Gasteiger partial charge in [-0.15, -0.1) is 0 Å². The number of amides is 2. The van der Waals surface area contributed by atoms with Crippen LogP contribution >= 0.6 is 0 Å². The maximum atomic E-state index is 13.0. The maximum absolute atomic E-state index is 13.0. The summed E-state index contributed by atoms with van der Waals surface area (Å²) < 4.78 is 0. The lowest BCUT2D eigenvalue weighted by atomic mass is 10.0. The molecule has 3 rings (SSSR count). The fraction of sp³-hybridized carbons (Fsp3) is 0.333. The van der Waals surface area contributed by atoms with Gasteiger partial charge in [0.05, 0.1) is 0 Å². The predicted molar refractivity (Wildman–Crippen MR) is 106 cm³/mol. The number of carbonyl (C=O) groups excluding carboxylic acids is 2. The van der Waals surface area contributed by atoms with E-state index in [-0.39, 0.29) is 5.91 Å². The van der Waals surface area contributed by atoms with Gasteiger partial charge >= 0.3 is 5.97 Å². The lowest BCUT2D eigenvalue weighted by Crippen LogP contribution is -2.50. The Morgan fingerprint density at radius 2 is 1.86 bits per heavy atom. The van der Waals surface area contributed by atoms with Crippen LogP contribution < -0.4 is 10.6 Å². The Bertz CT molecular complexity index is 859. The van der Waals surface area contributed by atoms with Gasteiger partial charge in [0, 0.05) is 38.3 Å². The summed E-state index contributed by atoms with van der Waals surface area (Å²) in [6.07, 6.45) is 2.63. The van der Waals surface area contributed by atoms with Crippen LogP contribution in [0.25, 0.3) is 0 Å². The van der Waals surface area contributed by atoms with Crippen molar-refractivity contribution in [1.29, 1.82) is 0 Å². The third-order valence-electron chi connectivity index (χ3n) is 4.83. The molecule has 0 spiro atoms. The maximum Gasteiger partial charge on any atom is 0.322 e. The van der Waals surface area contributed by atoms with Crippen molar-refractivity contribution < 1.29 is 19.5 Å². The topological polar surface area (TPSA) is 122 Å². The molecule has 0 aliphatic carbocycles. The first kappa shape index (κ1) is 20.5. The average Bonchev–Trinajstić information content (AvgIpc) is 3.54. The number of hydrogen-bond donors (Lipinski definition) is 3. The van der Waals surface area contributed by atoms with E-state index in [9.17, 15) is 14.4 Å². The third-order valence-corrected chi connectivity index (χ3v) is 4.83. The molecule has 1 aromatic carbocycles. The van der Waals surface area contributed by atoms with Crippen LogP contribution in [-0.4, -0.2) is 64.5 Å². The number of nitrogens with one attached hydrogen (secondary N) is 2. The van der Waals surface area contributed by atoms with Crippen LogP contribution in [0, 0.1) is 0 Å². The number of nitrogens with zero attached hydrogens (tertiary/aromatic N) is 2. The molecule has 3 atom stereocenters. The van der Waals surface area contributed by atoms with E-state index in [2.05, 4.69) is 15.6 Å². The molecule has 1 aliphatic rings. The SMILES string of the molecule is CN(CCc1ccccn1)C(=O)[C@H](Cc1ccccc1)NC(=O)[C@H]1N[C@@H]1C(=O)O. The summed E-state index contributed by atoms with van der Waals surface area (Å²) in [5.74, 6) is -1.79. The number of aromatic nitrogens is 1. The summed E-state index contributed by atoms with van der Waals surface area (Å²) in [4.78, 5) is 42.2. The second-order valence-corrected chi connectivity index (χ2v) is 7.04. The van der Waals surface area contributed by atoms with Crippen molar-refractivity contribution in [3.8, 4) is 0 Å². The third kappa shape index (κ3) is 5.61. The fourth-order valence-corrected chi connectivity index (χ4v) is 3.09. The highest BCUT2D eigenvalue weighted by molar-refractivity contribution is 5.97. The molecule has 0 unspecified atom stereocenters. The Morgan fingerprint density at radius 1 is 1.14 bits per heavy atom. The van der Waals surface area contributed by atoms with Gasteiger partial charge < -0.3 is 15.3 Å². The molecule has 0 radical (unpaired) electrons. The van der Waals surface area contributed by atoms with Gasteiger partial charge in [0.1, 0.15) is 18.1 Å². The van der Waals surface area contributed by atoms with Gasteiger partial charge in [0.25, 0.3) is 0 Å². The van der Waals surface area contributed by atoms with E-state index in [0.717, 1.165) is 11.3 Å². The highest BCUT2D eigenvalue weighted by atomic mass is 16.4. The van der Waals surface area contributed by atoms with Crippen molar-refractivity contribution in [1.82, 2.24) is 20.5 Å². The zero-order chi connectivity index (χ0) is 20.8. The highest BCUT2D eigenvalue weighted by Crippen LogP contribution is 2.13. The molecule has 1 aliphatic heterocycles. The van der Waals surface area contributed by atoms with E-state index in [1.54, 1.807) is 18.1 Å². The van der Waals surface area contributed by atoms with E-state index < -0.39 is 30.0 Å². The van der Waals surface area contributed by atoms with Gasteiger partial charge in [0.15, 0.2) is 0 Å². The molecule has 2 heterocycles. The molecule has 3 N–H and O–H groups in total. The van der Waals surface area contributed by atoms with E-state index in [0.29, 0.717) is 19.4 Å². The lowest BCUT2D eigenvalue weighted by Gasteiger charge is -2.25. The number of carboxylic acids is 1. The van der Waals surface area contributed by atoms with Crippen molar-refractivity contribution in [2.45, 2.75) is 31.0 Å². The number of benzene rings is 1. The summed E-state index contributed by atoms with van der Waals surface area (Å²) in [6.45, 7) is 0.455. The molecule has 29 heavy (non-hydrogen) atoms. The molecular weight excluding hydrogens is 372 g/mol. The van der Waals surface area contributed by atoms with Gasteiger partial charge in [0.2, 0.25) is 11.8 Å². The second-order valence-electron chi connectivity index (χ2n) is 7.04. The average molecular weight is 396 g/mol. The Hall–Kier alpha value is -3.26. The van der Waals surface area contributed by atoms with Crippen LogP contribution in [-0.2, 0) is 27.2 Å². The smallest absolute Gasteiger partial charge is 0.322 e. The highest BCUT2D eigenvalue weighted by Gasteiger charge is 2.48. The van der Waals surface area contributed by atoms with Crippen LogP contribution in [0.4, 0.5) is 0 Å². The number of pyridine rings is 1. The molecule has 152 valence electrons. The summed E-state index contributed by atoms with van der Waals surface area (Å²) in [5, 5.41) is 14.3. The van der Waals surface area contributed by atoms with Crippen LogP contribution in [0.3, 0.4) is 0 Å². The molecule has 8 heteroatoms. The Morgan fingerprint density at radius 3 is 2.48 bits per heavy atom. The zero-order valence-corrected chi connectivity index (χ0v) is 16.1. The standard InChI is InChI=1S/C21H24N4O4/c1-25(12-10-15-9-5-6-11-22-15)20(27)16(13-14-7-3-2-4-8-14)23-19(26)17-18(24-17)21(28)29/h2-9,11,16-18,24H,10,12-13H2,1H3,(H,23,26)(H,28,29)/t16-,17-,18-/m0/s1. The van der Waals surface area contributed by atoms with Gasteiger partial charge in [-0.3, -0.25) is 24.7 Å². The second kappa shape index (κ2) is 9.29. The van der Waals surface area contributed by atoms with Gasteiger partial charge in [-0.05, 0) is 17.7 Å². The zero-order valence-electron chi connectivity index (χ0n) is 16.1. The number of hydrogen-bond acceptors (Lipinski definition) is 5. The molecule has 1 saturated heterocycles. The normalized spacial score (nSPS) is 18.5. The first-order valence-corrected chi connectivity index (χ1v) is 9.43. The monoisotopic (exact) mass is 396 g/mol. The minimum absolute atomic E-state index is 0.231. The van der Waals surface area contributed by atoms with E-state index in [4.69, 9.17) is 5.11 Å². The molecule has 1 fully saturated rings. The molecule has 2 aromatic rings. The largest absolute Gasteiger partial charge is 0.480 e. The van der Waals surface area contributed by atoms with Crippen LogP contribution in [0.1, 0.15) is 11.3 Å². The van der Waals surface area contributed by atoms with Crippen LogP contribution in [0.2, 0.25) is 0 Å². The summed E-state index contributed by atoms with van der Waals surface area (Å²) in [6, 6.07) is 12.5. The summed E-state index contributed by atoms with van der Waals surface area (Å²) >= 11 is 0. The molecular formula is C21H24N4O4. The van der Waals surface area contributed by atoms with Gasteiger partial charge in [-0.2, -0.15) is 0 Å². The fourth-order valence-electron chi connectivity index (χ4n) is 3.09. The number of carbonyl (C=O) groups is 3. The molecule has 2 amide bonds. The van der Waals surface area contributed by atoms with Crippen molar-refractivity contribution in [2.75, 3.05) is 13.6 Å². The molecule has 8 nitrogen and oxygen atoms in total. The number of carboxylic acid groups (broad SMARTS) is 1. The van der Waals surface area contributed by atoms with Crippen molar-refractivity contribution in [3.63, 3.8) is 0 Å². The quantitative estimate of drug-likeness (QED) is 0.522. The Kier molecular flexibility index (Phi) is 6.56. The van der Waals surface area contributed by atoms with Crippen LogP contribution in [0.15, 0.2) is 54.7 Å². The number of aliphatic carboxylic acids is 1. The molecule has 0 bridgehead atoms. The lowest BCUT2D eigenvalue weighted by molar-refractivity contribution is -0.137. The number of rotatable bonds is 9. The first-order chi connectivity index (χ1) is 14.0. The summed E-state index contributed by atoms with van der Waals surface area (Å²) in [7, 11) is 1.69. The predicted octanol–water partition coefficient (Wildman–Crippen LogP) is 0.235. The minimum atomic E-state index is -1.08. The van der Waals surface area contributed by atoms with Crippen molar-refractivity contribution in [3.05, 3.63) is 66.0 Å². The van der Waals surface area contributed by atoms with Gasteiger partial charge in [-0.25, -0.2) is 0 Å². The van der Waals surface area contributed by atoms with Gasteiger partial charge in [-0.1, -0.05) is 36.4 Å². The molecule has 0 saturated carbocycles. The van der Waals surface area contributed by atoms with Crippen molar-refractivity contribution >= 4 is 17.8 Å².